The van der Waals surface area contributed by atoms with Crippen LogP contribution in [0.5, 0.6) is 0 Å². The van der Waals surface area contributed by atoms with Gasteiger partial charge in [-0.3, -0.25) is 0 Å². The lowest BCUT2D eigenvalue weighted by atomic mass is 9.74. The molecule has 2 heteroatoms. The fourth-order valence-corrected chi connectivity index (χ4v) is 2.10. The number of hydrogen-bond acceptors (Lipinski definition) is 2. The molecule has 0 aromatic rings. The number of aliphatic hydroxyl groups is 1. The van der Waals surface area contributed by atoms with E-state index in [0.29, 0.717) is 11.5 Å². The predicted octanol–water partition coefficient (Wildman–Crippen LogP) is 1.15. The fourth-order valence-electron chi connectivity index (χ4n) is 2.10. The second-order valence-electron chi connectivity index (χ2n) is 4.45. The minimum Gasteiger partial charge on any atom is -0.393 e. The summed E-state index contributed by atoms with van der Waals surface area (Å²) in [5, 5.41) is 12.7. The first-order chi connectivity index (χ1) is 5.03. The van der Waals surface area contributed by atoms with Crippen LogP contribution in [0.3, 0.4) is 0 Å². The quantitative estimate of drug-likeness (QED) is 0.598. The average Bonchev–Trinajstić information content (AvgIpc) is 1.83. The molecule has 0 radical (unpaired) electrons. The molecule has 0 bridgehead atoms. The molecule has 1 aliphatic carbocycles. The van der Waals surface area contributed by atoms with Crippen LogP contribution in [0.2, 0.25) is 0 Å². The first-order valence-corrected chi connectivity index (χ1v) is 4.39. The van der Waals surface area contributed by atoms with E-state index in [1.807, 2.05) is 7.05 Å². The van der Waals surface area contributed by atoms with Gasteiger partial charge in [-0.25, -0.2) is 0 Å². The summed E-state index contributed by atoms with van der Waals surface area (Å²) in [7, 11) is 1.97. The Labute approximate surface area is 69.0 Å². The van der Waals surface area contributed by atoms with Crippen LogP contribution in [0.15, 0.2) is 0 Å². The highest BCUT2D eigenvalue weighted by atomic mass is 16.3. The van der Waals surface area contributed by atoms with E-state index in [1.54, 1.807) is 0 Å². The van der Waals surface area contributed by atoms with E-state index in [-0.39, 0.29) is 6.10 Å². The van der Waals surface area contributed by atoms with Gasteiger partial charge in [0.05, 0.1) is 6.10 Å². The lowest BCUT2D eigenvalue weighted by Crippen LogP contribution is -2.41. The monoisotopic (exact) mass is 157 g/mol. The van der Waals surface area contributed by atoms with Crippen LogP contribution < -0.4 is 5.32 Å². The zero-order valence-corrected chi connectivity index (χ0v) is 7.72. The van der Waals surface area contributed by atoms with Gasteiger partial charge in [-0.2, -0.15) is 0 Å². The van der Waals surface area contributed by atoms with E-state index >= 15 is 0 Å². The summed E-state index contributed by atoms with van der Waals surface area (Å²) < 4.78 is 0. The van der Waals surface area contributed by atoms with E-state index in [1.165, 1.54) is 6.42 Å². The van der Waals surface area contributed by atoms with E-state index in [0.717, 1.165) is 12.8 Å². The Kier molecular flexibility index (Phi) is 2.55. The van der Waals surface area contributed by atoms with Gasteiger partial charge in [-0.15, -0.1) is 0 Å². The van der Waals surface area contributed by atoms with Crippen molar-refractivity contribution in [2.24, 2.45) is 5.41 Å². The normalized spacial score (nSPS) is 37.1. The van der Waals surface area contributed by atoms with Crippen molar-refractivity contribution in [3.63, 3.8) is 0 Å². The second-order valence-corrected chi connectivity index (χ2v) is 4.45. The van der Waals surface area contributed by atoms with Gasteiger partial charge in [0, 0.05) is 6.04 Å². The first kappa shape index (κ1) is 9.01. The van der Waals surface area contributed by atoms with Crippen molar-refractivity contribution < 1.29 is 5.11 Å². The molecule has 2 nitrogen and oxygen atoms in total. The van der Waals surface area contributed by atoms with E-state index in [9.17, 15) is 5.11 Å². The Morgan fingerprint density at radius 3 is 2.45 bits per heavy atom. The molecule has 0 aromatic heterocycles. The highest BCUT2D eigenvalue weighted by molar-refractivity contribution is 4.86. The van der Waals surface area contributed by atoms with E-state index < -0.39 is 0 Å². The van der Waals surface area contributed by atoms with Gasteiger partial charge >= 0.3 is 0 Å². The maximum Gasteiger partial charge on any atom is 0.0560 e. The smallest absolute Gasteiger partial charge is 0.0560 e. The molecule has 1 fully saturated rings. The molecule has 0 spiro atoms. The molecule has 66 valence electrons. The summed E-state index contributed by atoms with van der Waals surface area (Å²) in [6, 6.07) is 0.508. The molecule has 0 saturated heterocycles. The highest BCUT2D eigenvalue weighted by Crippen LogP contribution is 2.35. The van der Waals surface area contributed by atoms with Crippen molar-refractivity contribution >= 4 is 0 Å². The SMILES string of the molecule is CNC1CC(O)CC(C)(C)C1. The Balaban J connectivity index is 2.51. The van der Waals surface area contributed by atoms with Gasteiger partial charge in [0.15, 0.2) is 0 Å². The summed E-state index contributed by atoms with van der Waals surface area (Å²) in [6.45, 7) is 4.44. The molecule has 0 aliphatic heterocycles. The van der Waals surface area contributed by atoms with Crippen molar-refractivity contribution in [1.82, 2.24) is 5.32 Å². The van der Waals surface area contributed by atoms with E-state index in [4.69, 9.17) is 0 Å². The molecule has 1 aliphatic rings. The second kappa shape index (κ2) is 3.11. The average molecular weight is 157 g/mol. The number of rotatable bonds is 1. The maximum atomic E-state index is 9.51. The predicted molar refractivity (Wildman–Crippen MR) is 46.5 cm³/mol. The Morgan fingerprint density at radius 1 is 1.36 bits per heavy atom. The largest absolute Gasteiger partial charge is 0.393 e. The van der Waals surface area contributed by atoms with Crippen LogP contribution in [-0.4, -0.2) is 24.3 Å². The third-order valence-electron chi connectivity index (χ3n) is 2.55. The van der Waals surface area contributed by atoms with Gasteiger partial charge in [-0.05, 0) is 31.7 Å². The number of nitrogens with one attached hydrogen (secondary N) is 1. The van der Waals surface area contributed by atoms with Crippen molar-refractivity contribution in [2.45, 2.75) is 45.3 Å². The minimum absolute atomic E-state index is 0.101. The van der Waals surface area contributed by atoms with Gasteiger partial charge < -0.3 is 10.4 Å². The Morgan fingerprint density at radius 2 is 2.00 bits per heavy atom. The minimum atomic E-state index is -0.101. The van der Waals surface area contributed by atoms with Crippen LogP contribution in [0.25, 0.3) is 0 Å². The van der Waals surface area contributed by atoms with Gasteiger partial charge in [0.1, 0.15) is 0 Å². The standard InChI is InChI=1S/C9H19NO/c1-9(2)5-7(10-3)4-8(11)6-9/h7-8,10-11H,4-6H2,1-3H3. The van der Waals surface area contributed by atoms with Crippen LogP contribution in [-0.2, 0) is 0 Å². The third-order valence-corrected chi connectivity index (χ3v) is 2.55. The maximum absolute atomic E-state index is 9.51. The van der Waals surface area contributed by atoms with Crippen LogP contribution in [0.1, 0.15) is 33.1 Å². The fraction of sp³-hybridized carbons (Fsp3) is 1.00. The van der Waals surface area contributed by atoms with Crippen molar-refractivity contribution in [2.75, 3.05) is 7.05 Å². The first-order valence-electron chi connectivity index (χ1n) is 4.39. The molecule has 0 amide bonds. The Bertz CT molecular complexity index is 134. The zero-order chi connectivity index (χ0) is 8.48. The molecule has 2 unspecified atom stereocenters. The molecule has 1 rings (SSSR count). The van der Waals surface area contributed by atoms with Crippen LogP contribution in [0, 0.1) is 5.41 Å². The van der Waals surface area contributed by atoms with Gasteiger partial charge in [0.2, 0.25) is 0 Å². The molecule has 1 saturated carbocycles. The summed E-state index contributed by atoms with van der Waals surface area (Å²) in [5.41, 5.74) is 0.311. The number of aliphatic hydroxyl groups excluding tert-OH is 1. The van der Waals surface area contributed by atoms with Gasteiger partial charge in [0.25, 0.3) is 0 Å². The topological polar surface area (TPSA) is 32.3 Å². The Hall–Kier alpha value is -0.0800. The van der Waals surface area contributed by atoms with Crippen LogP contribution in [0.4, 0.5) is 0 Å². The lowest BCUT2D eigenvalue weighted by Gasteiger charge is -2.37. The molecule has 0 aromatic carbocycles. The zero-order valence-electron chi connectivity index (χ0n) is 7.72. The van der Waals surface area contributed by atoms with Crippen molar-refractivity contribution in [1.29, 1.82) is 0 Å². The summed E-state index contributed by atoms with van der Waals surface area (Å²) in [6.07, 6.45) is 2.95. The van der Waals surface area contributed by atoms with Crippen molar-refractivity contribution in [3.8, 4) is 0 Å². The molecule has 0 heterocycles. The number of hydrogen-bond donors (Lipinski definition) is 2. The molecular weight excluding hydrogens is 138 g/mol. The lowest BCUT2D eigenvalue weighted by molar-refractivity contribution is 0.0487. The summed E-state index contributed by atoms with van der Waals surface area (Å²) in [4.78, 5) is 0. The molecule has 11 heavy (non-hydrogen) atoms. The van der Waals surface area contributed by atoms with Crippen LogP contribution >= 0.6 is 0 Å². The molecular formula is C9H19NO. The van der Waals surface area contributed by atoms with E-state index in [2.05, 4.69) is 19.2 Å². The third kappa shape index (κ3) is 2.46. The van der Waals surface area contributed by atoms with Gasteiger partial charge in [-0.1, -0.05) is 13.8 Å². The highest BCUT2D eigenvalue weighted by Gasteiger charge is 2.31. The summed E-state index contributed by atoms with van der Waals surface area (Å²) in [5.74, 6) is 0. The van der Waals surface area contributed by atoms with Crippen molar-refractivity contribution in [3.05, 3.63) is 0 Å². The molecule has 2 N–H and O–H groups in total. The summed E-state index contributed by atoms with van der Waals surface area (Å²) >= 11 is 0. The molecule has 2 atom stereocenters.